The van der Waals surface area contributed by atoms with Gasteiger partial charge in [-0.25, -0.2) is 8.42 Å². The maximum atomic E-state index is 13.4. The molecule has 0 aliphatic heterocycles. The average Bonchev–Trinajstić information content (AvgIpc) is 2.82. The van der Waals surface area contributed by atoms with E-state index < -0.39 is 15.9 Å². The molecular weight excluding hydrogens is 444 g/mol. The van der Waals surface area contributed by atoms with Gasteiger partial charge in [0.05, 0.1) is 24.2 Å². The minimum absolute atomic E-state index is 0.115. The normalized spacial score (nSPS) is 11.3. The van der Waals surface area contributed by atoms with Gasteiger partial charge in [0.2, 0.25) is 15.9 Å². The predicted octanol–water partition coefficient (Wildman–Crippen LogP) is 4.29. The Kier molecular flexibility index (Phi) is 8.33. The van der Waals surface area contributed by atoms with Crippen LogP contribution in [0.5, 0.6) is 5.75 Å². The average molecular weight is 471 g/mol. The maximum absolute atomic E-state index is 13.4. The van der Waals surface area contributed by atoms with Crippen molar-refractivity contribution in [2.24, 2.45) is 0 Å². The standard InChI is InChI=1S/C24H26N2O4S2/c1-30-20-12-14-21(15-13-20)32(28,29)26(17-16-19-8-4-3-5-9-19)18-24(27)25-22-10-6-7-11-23(22)31-2/h3-15H,16-18H2,1-2H3,(H,25,27). The second kappa shape index (κ2) is 11.2. The van der Waals surface area contributed by atoms with Crippen LogP contribution in [0, 0.1) is 0 Å². The molecule has 3 rings (SSSR count). The van der Waals surface area contributed by atoms with Gasteiger partial charge in [0.15, 0.2) is 0 Å². The van der Waals surface area contributed by atoms with Crippen LogP contribution >= 0.6 is 11.8 Å². The van der Waals surface area contributed by atoms with Crippen LogP contribution in [0.2, 0.25) is 0 Å². The van der Waals surface area contributed by atoms with Gasteiger partial charge in [0, 0.05) is 11.4 Å². The van der Waals surface area contributed by atoms with Crippen molar-refractivity contribution < 1.29 is 17.9 Å². The molecule has 3 aromatic rings. The van der Waals surface area contributed by atoms with Crippen LogP contribution < -0.4 is 10.1 Å². The first-order valence-corrected chi connectivity index (χ1v) is 12.7. The lowest BCUT2D eigenvalue weighted by atomic mass is 10.1. The molecule has 0 saturated carbocycles. The third kappa shape index (κ3) is 6.12. The van der Waals surface area contributed by atoms with Gasteiger partial charge in [0.1, 0.15) is 5.75 Å². The summed E-state index contributed by atoms with van der Waals surface area (Å²) in [5.41, 5.74) is 1.66. The van der Waals surface area contributed by atoms with E-state index in [4.69, 9.17) is 4.74 Å². The SMILES string of the molecule is COc1ccc(S(=O)(=O)N(CCc2ccccc2)CC(=O)Nc2ccccc2SC)cc1. The number of ether oxygens (including phenoxy) is 1. The number of nitrogens with zero attached hydrogens (tertiary/aromatic N) is 1. The molecule has 0 heterocycles. The highest BCUT2D eigenvalue weighted by Crippen LogP contribution is 2.25. The van der Waals surface area contributed by atoms with Gasteiger partial charge >= 0.3 is 0 Å². The van der Waals surface area contributed by atoms with Crippen LogP contribution in [0.3, 0.4) is 0 Å². The predicted molar refractivity (Wildman–Crippen MR) is 129 cm³/mol. The summed E-state index contributed by atoms with van der Waals surface area (Å²) in [4.78, 5) is 13.9. The fourth-order valence-corrected chi connectivity index (χ4v) is 5.13. The first-order valence-electron chi connectivity index (χ1n) is 10.0. The molecule has 8 heteroatoms. The van der Waals surface area contributed by atoms with Gasteiger partial charge in [-0.2, -0.15) is 4.31 Å². The van der Waals surface area contributed by atoms with Gasteiger partial charge in [0.25, 0.3) is 0 Å². The number of para-hydroxylation sites is 1. The Balaban J connectivity index is 1.82. The summed E-state index contributed by atoms with van der Waals surface area (Å²) in [5, 5.41) is 2.85. The van der Waals surface area contributed by atoms with Crippen LogP contribution in [0.25, 0.3) is 0 Å². The molecule has 1 N–H and O–H groups in total. The third-order valence-electron chi connectivity index (χ3n) is 4.89. The number of hydrogen-bond donors (Lipinski definition) is 1. The van der Waals surface area contributed by atoms with Crippen molar-refractivity contribution in [3.63, 3.8) is 0 Å². The smallest absolute Gasteiger partial charge is 0.243 e. The van der Waals surface area contributed by atoms with Crippen molar-refractivity contribution in [1.82, 2.24) is 4.31 Å². The molecule has 0 radical (unpaired) electrons. The molecule has 3 aromatic carbocycles. The summed E-state index contributed by atoms with van der Waals surface area (Å²) in [5.74, 6) is 0.169. The minimum atomic E-state index is -3.89. The lowest BCUT2D eigenvalue weighted by molar-refractivity contribution is -0.116. The van der Waals surface area contributed by atoms with E-state index in [1.807, 2.05) is 54.8 Å². The van der Waals surface area contributed by atoms with Gasteiger partial charge < -0.3 is 10.1 Å². The minimum Gasteiger partial charge on any atom is -0.497 e. The number of anilines is 1. The molecule has 168 valence electrons. The van der Waals surface area contributed by atoms with E-state index in [1.54, 1.807) is 18.2 Å². The molecule has 0 fully saturated rings. The van der Waals surface area contributed by atoms with Gasteiger partial charge in [-0.1, -0.05) is 42.5 Å². The van der Waals surface area contributed by atoms with Crippen LogP contribution in [0.15, 0.2) is 88.7 Å². The van der Waals surface area contributed by atoms with E-state index in [-0.39, 0.29) is 18.0 Å². The molecule has 0 spiro atoms. The number of hydrogen-bond acceptors (Lipinski definition) is 5. The largest absolute Gasteiger partial charge is 0.497 e. The molecule has 0 aromatic heterocycles. The summed E-state index contributed by atoms with van der Waals surface area (Å²) < 4.78 is 33.1. The monoisotopic (exact) mass is 470 g/mol. The van der Waals surface area contributed by atoms with E-state index in [2.05, 4.69) is 5.32 Å². The summed E-state index contributed by atoms with van der Waals surface area (Å²) >= 11 is 1.51. The van der Waals surface area contributed by atoms with Gasteiger partial charge in [-0.15, -0.1) is 11.8 Å². The van der Waals surface area contributed by atoms with Crippen molar-refractivity contribution in [3.05, 3.63) is 84.4 Å². The lowest BCUT2D eigenvalue weighted by Crippen LogP contribution is -2.39. The number of methoxy groups -OCH3 is 1. The molecule has 0 bridgehead atoms. The molecule has 0 unspecified atom stereocenters. The van der Waals surface area contributed by atoms with Crippen LogP contribution in [-0.4, -0.2) is 45.1 Å². The first-order chi connectivity index (χ1) is 15.4. The fraction of sp³-hybridized carbons (Fsp3) is 0.208. The molecule has 0 atom stereocenters. The second-order valence-electron chi connectivity index (χ2n) is 7.00. The molecule has 0 saturated heterocycles. The maximum Gasteiger partial charge on any atom is 0.243 e. The Labute approximate surface area is 193 Å². The van der Waals surface area contributed by atoms with E-state index in [0.29, 0.717) is 17.9 Å². The number of thioether (sulfide) groups is 1. The highest BCUT2D eigenvalue weighted by Gasteiger charge is 2.27. The number of amides is 1. The summed E-state index contributed by atoms with van der Waals surface area (Å²) in [6.45, 7) is -0.111. The van der Waals surface area contributed by atoms with Crippen molar-refractivity contribution in [2.75, 3.05) is 31.8 Å². The second-order valence-corrected chi connectivity index (χ2v) is 9.78. The quantitative estimate of drug-likeness (QED) is 0.448. The number of nitrogens with one attached hydrogen (secondary N) is 1. The number of rotatable bonds is 10. The van der Waals surface area contributed by atoms with Crippen molar-refractivity contribution in [1.29, 1.82) is 0 Å². The Morgan fingerprint density at radius 3 is 2.28 bits per heavy atom. The number of sulfonamides is 1. The Bertz CT molecular complexity index is 1130. The number of benzene rings is 3. The van der Waals surface area contributed by atoms with E-state index >= 15 is 0 Å². The first kappa shape index (κ1) is 23.8. The van der Waals surface area contributed by atoms with E-state index in [9.17, 15) is 13.2 Å². The van der Waals surface area contributed by atoms with Crippen molar-refractivity contribution in [3.8, 4) is 5.75 Å². The number of carbonyl (C=O) groups is 1. The number of carbonyl (C=O) groups excluding carboxylic acids is 1. The van der Waals surface area contributed by atoms with Crippen LogP contribution in [-0.2, 0) is 21.2 Å². The zero-order chi connectivity index (χ0) is 23.0. The molecule has 6 nitrogen and oxygen atoms in total. The summed E-state index contributed by atoms with van der Waals surface area (Å²) in [7, 11) is -2.37. The zero-order valence-electron chi connectivity index (χ0n) is 18.0. The van der Waals surface area contributed by atoms with Crippen LogP contribution in [0.4, 0.5) is 5.69 Å². The molecule has 0 aliphatic carbocycles. The fourth-order valence-electron chi connectivity index (χ4n) is 3.18. The summed E-state index contributed by atoms with van der Waals surface area (Å²) in [6.07, 6.45) is 2.41. The third-order valence-corrected chi connectivity index (χ3v) is 7.55. The van der Waals surface area contributed by atoms with Crippen LogP contribution in [0.1, 0.15) is 5.56 Å². The Morgan fingerprint density at radius 1 is 0.969 bits per heavy atom. The van der Waals surface area contributed by atoms with Gasteiger partial charge in [-0.05, 0) is 54.6 Å². The topological polar surface area (TPSA) is 75.7 Å². The van der Waals surface area contributed by atoms with E-state index in [1.165, 1.54) is 35.3 Å². The zero-order valence-corrected chi connectivity index (χ0v) is 19.7. The molecule has 32 heavy (non-hydrogen) atoms. The highest BCUT2D eigenvalue weighted by molar-refractivity contribution is 7.98. The highest BCUT2D eigenvalue weighted by atomic mass is 32.2. The lowest BCUT2D eigenvalue weighted by Gasteiger charge is -2.22. The molecule has 0 aliphatic rings. The van der Waals surface area contributed by atoms with Crippen molar-refractivity contribution >= 4 is 33.4 Å². The Morgan fingerprint density at radius 2 is 1.62 bits per heavy atom. The van der Waals surface area contributed by atoms with Gasteiger partial charge in [-0.3, -0.25) is 4.79 Å². The summed E-state index contributed by atoms with van der Waals surface area (Å²) in [6, 6.07) is 23.2. The van der Waals surface area contributed by atoms with E-state index in [0.717, 1.165) is 10.5 Å². The molecule has 1 amide bonds. The molecular formula is C24H26N2O4S2. The Hall–Kier alpha value is -2.81. The van der Waals surface area contributed by atoms with Crippen molar-refractivity contribution in [2.45, 2.75) is 16.2 Å².